The van der Waals surface area contributed by atoms with E-state index in [1.807, 2.05) is 0 Å². The second-order valence-corrected chi connectivity index (χ2v) is 5.98. The van der Waals surface area contributed by atoms with Crippen LogP contribution in [0.3, 0.4) is 0 Å². The van der Waals surface area contributed by atoms with E-state index in [9.17, 15) is 0 Å². The lowest BCUT2D eigenvalue weighted by molar-refractivity contribution is 0.314. The largest absolute Gasteiger partial charge is 0.493 e. The van der Waals surface area contributed by atoms with Gasteiger partial charge in [0.1, 0.15) is 5.75 Å². The van der Waals surface area contributed by atoms with Crippen molar-refractivity contribution in [1.29, 1.82) is 0 Å². The topological polar surface area (TPSA) is 21.3 Å². The minimum absolute atomic E-state index is 0.381. The van der Waals surface area contributed by atoms with Crippen LogP contribution in [0.2, 0.25) is 0 Å². The molecule has 0 saturated heterocycles. The summed E-state index contributed by atoms with van der Waals surface area (Å²) in [5.41, 5.74) is 3.81. The van der Waals surface area contributed by atoms with Crippen molar-refractivity contribution >= 4 is 0 Å². The molecular weight excluding hydrogens is 258 g/mol. The molecule has 0 spiro atoms. The minimum Gasteiger partial charge on any atom is -0.493 e. The first-order valence-electron chi connectivity index (χ1n) is 7.82. The van der Waals surface area contributed by atoms with Crippen LogP contribution in [0.25, 0.3) is 11.1 Å². The summed E-state index contributed by atoms with van der Waals surface area (Å²) < 4.78 is 5.91. The van der Waals surface area contributed by atoms with Crippen molar-refractivity contribution in [2.24, 2.45) is 0 Å². The molecule has 0 fully saturated rings. The van der Waals surface area contributed by atoms with E-state index in [1.54, 1.807) is 0 Å². The highest BCUT2D eigenvalue weighted by Gasteiger charge is 2.20. The summed E-state index contributed by atoms with van der Waals surface area (Å²) in [5, 5.41) is 3.68. The van der Waals surface area contributed by atoms with Gasteiger partial charge < -0.3 is 10.1 Å². The molecule has 2 aromatic rings. The van der Waals surface area contributed by atoms with Crippen molar-refractivity contribution < 1.29 is 4.74 Å². The third kappa shape index (κ3) is 3.27. The van der Waals surface area contributed by atoms with Crippen LogP contribution in [0.4, 0.5) is 0 Å². The molecule has 110 valence electrons. The van der Waals surface area contributed by atoms with Crippen LogP contribution in [0.15, 0.2) is 48.5 Å². The van der Waals surface area contributed by atoms with Gasteiger partial charge in [0.25, 0.3) is 0 Å². The summed E-state index contributed by atoms with van der Waals surface area (Å²) >= 11 is 0. The number of rotatable bonds is 3. The van der Waals surface area contributed by atoms with Gasteiger partial charge in [-0.2, -0.15) is 0 Å². The van der Waals surface area contributed by atoms with E-state index in [-0.39, 0.29) is 0 Å². The van der Waals surface area contributed by atoms with Crippen molar-refractivity contribution in [3.05, 3.63) is 54.1 Å². The minimum atomic E-state index is 0.381. The van der Waals surface area contributed by atoms with Gasteiger partial charge in [0.05, 0.1) is 6.61 Å². The Morgan fingerprint density at radius 3 is 2.62 bits per heavy atom. The van der Waals surface area contributed by atoms with E-state index in [0.717, 1.165) is 25.2 Å². The molecule has 0 bridgehead atoms. The Bertz CT molecular complexity index is 592. The fourth-order valence-corrected chi connectivity index (χ4v) is 2.96. The SMILES string of the molecule is CC(C)NC1CCCOc2ccc(-c3ccccc3)cc21. The molecule has 1 N–H and O–H groups in total. The fourth-order valence-electron chi connectivity index (χ4n) is 2.96. The number of nitrogens with one attached hydrogen (secondary N) is 1. The van der Waals surface area contributed by atoms with Gasteiger partial charge in [-0.25, -0.2) is 0 Å². The molecular formula is C19H23NO. The lowest BCUT2D eigenvalue weighted by Gasteiger charge is -2.21. The first-order valence-corrected chi connectivity index (χ1v) is 7.82. The van der Waals surface area contributed by atoms with E-state index < -0.39 is 0 Å². The van der Waals surface area contributed by atoms with Crippen LogP contribution in [-0.4, -0.2) is 12.6 Å². The summed E-state index contributed by atoms with van der Waals surface area (Å²) in [5.74, 6) is 1.03. The number of fused-ring (bicyclic) bond motifs is 1. The van der Waals surface area contributed by atoms with Crippen LogP contribution in [-0.2, 0) is 0 Å². The summed E-state index contributed by atoms with van der Waals surface area (Å²) in [7, 11) is 0. The van der Waals surface area contributed by atoms with Crippen molar-refractivity contribution in [2.45, 2.75) is 38.8 Å². The molecule has 1 heterocycles. The van der Waals surface area contributed by atoms with Crippen LogP contribution in [0, 0.1) is 0 Å². The number of ether oxygens (including phenoxy) is 1. The van der Waals surface area contributed by atoms with Gasteiger partial charge in [-0.05, 0) is 36.1 Å². The average molecular weight is 281 g/mol. The highest BCUT2D eigenvalue weighted by atomic mass is 16.5. The standard InChI is InChI=1S/C19H23NO/c1-14(2)20-18-9-6-12-21-19-11-10-16(13-17(18)19)15-7-4-3-5-8-15/h3-5,7-8,10-11,13-14,18,20H,6,9,12H2,1-2H3. The average Bonchev–Trinajstić information content (AvgIpc) is 2.70. The first kappa shape index (κ1) is 14.2. The summed E-state index contributed by atoms with van der Waals surface area (Å²) in [4.78, 5) is 0. The molecule has 3 rings (SSSR count). The maximum absolute atomic E-state index is 5.91. The maximum atomic E-state index is 5.91. The van der Waals surface area contributed by atoms with Crippen molar-refractivity contribution in [3.63, 3.8) is 0 Å². The van der Waals surface area contributed by atoms with Gasteiger partial charge in [0, 0.05) is 17.6 Å². The molecule has 2 nitrogen and oxygen atoms in total. The fraction of sp³-hybridized carbons (Fsp3) is 0.368. The second-order valence-electron chi connectivity index (χ2n) is 5.98. The van der Waals surface area contributed by atoms with Gasteiger partial charge in [-0.15, -0.1) is 0 Å². The molecule has 1 atom stereocenters. The van der Waals surface area contributed by atoms with Crippen LogP contribution < -0.4 is 10.1 Å². The van der Waals surface area contributed by atoms with Crippen LogP contribution in [0.1, 0.15) is 38.3 Å². The summed E-state index contributed by atoms with van der Waals surface area (Å²) in [6, 6.07) is 18.0. The monoisotopic (exact) mass is 281 g/mol. The zero-order chi connectivity index (χ0) is 14.7. The summed E-state index contributed by atoms with van der Waals surface area (Å²) in [6.07, 6.45) is 2.23. The molecule has 0 amide bonds. The van der Waals surface area contributed by atoms with E-state index in [4.69, 9.17) is 4.74 Å². The normalized spacial score (nSPS) is 18.0. The Morgan fingerprint density at radius 2 is 1.86 bits per heavy atom. The third-order valence-electron chi connectivity index (χ3n) is 3.92. The van der Waals surface area contributed by atoms with Crippen molar-refractivity contribution in [3.8, 4) is 16.9 Å². The van der Waals surface area contributed by atoms with Gasteiger partial charge in [0.2, 0.25) is 0 Å². The first-order chi connectivity index (χ1) is 10.2. The molecule has 0 aliphatic carbocycles. The Hall–Kier alpha value is -1.80. The number of hydrogen-bond acceptors (Lipinski definition) is 2. The zero-order valence-corrected chi connectivity index (χ0v) is 12.8. The molecule has 1 aliphatic rings. The molecule has 0 radical (unpaired) electrons. The van der Waals surface area contributed by atoms with Gasteiger partial charge in [0.15, 0.2) is 0 Å². The van der Waals surface area contributed by atoms with E-state index >= 15 is 0 Å². The second kappa shape index (κ2) is 6.31. The number of benzene rings is 2. The Labute approximate surface area is 127 Å². The molecule has 2 heteroatoms. The van der Waals surface area contributed by atoms with E-state index in [0.29, 0.717) is 12.1 Å². The Kier molecular flexibility index (Phi) is 4.26. The molecule has 0 aromatic heterocycles. The van der Waals surface area contributed by atoms with Gasteiger partial charge in [-0.1, -0.05) is 50.2 Å². The lowest BCUT2D eigenvalue weighted by Crippen LogP contribution is -2.27. The predicted molar refractivity (Wildman–Crippen MR) is 87.6 cm³/mol. The predicted octanol–water partition coefficient (Wildman–Crippen LogP) is 4.57. The van der Waals surface area contributed by atoms with E-state index in [2.05, 4.69) is 67.7 Å². The molecule has 21 heavy (non-hydrogen) atoms. The third-order valence-corrected chi connectivity index (χ3v) is 3.92. The summed E-state index contributed by atoms with van der Waals surface area (Å²) in [6.45, 7) is 5.22. The molecule has 1 aliphatic heterocycles. The highest BCUT2D eigenvalue weighted by Crippen LogP contribution is 2.35. The quantitative estimate of drug-likeness (QED) is 0.890. The molecule has 2 aromatic carbocycles. The maximum Gasteiger partial charge on any atom is 0.124 e. The van der Waals surface area contributed by atoms with Crippen molar-refractivity contribution in [2.75, 3.05) is 6.61 Å². The van der Waals surface area contributed by atoms with Gasteiger partial charge >= 0.3 is 0 Å². The zero-order valence-electron chi connectivity index (χ0n) is 12.8. The van der Waals surface area contributed by atoms with Crippen LogP contribution >= 0.6 is 0 Å². The van der Waals surface area contributed by atoms with Crippen LogP contribution in [0.5, 0.6) is 5.75 Å². The lowest BCUT2D eigenvalue weighted by atomic mass is 9.96. The highest BCUT2D eigenvalue weighted by molar-refractivity contribution is 5.66. The number of hydrogen-bond donors (Lipinski definition) is 1. The van der Waals surface area contributed by atoms with Crippen molar-refractivity contribution in [1.82, 2.24) is 5.32 Å². The Morgan fingerprint density at radius 1 is 1.05 bits per heavy atom. The Balaban J connectivity index is 1.99. The van der Waals surface area contributed by atoms with Gasteiger partial charge in [-0.3, -0.25) is 0 Å². The smallest absolute Gasteiger partial charge is 0.124 e. The van der Waals surface area contributed by atoms with E-state index in [1.165, 1.54) is 16.7 Å². The molecule has 1 unspecified atom stereocenters. The molecule has 0 saturated carbocycles.